The SMILES string of the molecule is C.C.C.COCO. The monoisotopic (exact) mass is 110 g/mol. The minimum atomic E-state index is -0.181. The number of hydrogen-bond acceptors (Lipinski definition) is 2. The molecule has 0 aromatic heterocycles. The van der Waals surface area contributed by atoms with Gasteiger partial charge in [-0.05, 0) is 0 Å². The fourth-order valence-electron chi connectivity index (χ4n) is 0. The molecule has 0 radical (unpaired) electrons. The first kappa shape index (κ1) is 28.4. The van der Waals surface area contributed by atoms with Gasteiger partial charge in [0.05, 0.1) is 0 Å². The van der Waals surface area contributed by atoms with E-state index in [1.165, 1.54) is 7.11 Å². The second-order valence-electron chi connectivity index (χ2n) is 0.418. The van der Waals surface area contributed by atoms with Crippen LogP contribution >= 0.6 is 0 Å². The van der Waals surface area contributed by atoms with Crippen LogP contribution in [0.1, 0.15) is 22.3 Å². The van der Waals surface area contributed by atoms with Gasteiger partial charge in [0, 0.05) is 7.11 Å². The maximum atomic E-state index is 7.65. The minimum Gasteiger partial charge on any atom is -0.371 e. The maximum Gasteiger partial charge on any atom is 0.143 e. The predicted molar refractivity (Wildman–Crippen MR) is 34.3 cm³/mol. The molecule has 50 valence electrons. The largest absolute Gasteiger partial charge is 0.371 e. The Balaban J connectivity index is -0.0000000150. The number of methoxy groups -OCH3 is 1. The molecule has 0 fully saturated rings. The Bertz CT molecular complexity index is 8.04. The van der Waals surface area contributed by atoms with Gasteiger partial charge in [0.25, 0.3) is 0 Å². The number of aliphatic hydroxyl groups excluding tert-OH is 1. The number of hydrogen-bond donors (Lipinski definition) is 1. The smallest absolute Gasteiger partial charge is 0.143 e. The highest BCUT2D eigenvalue weighted by molar-refractivity contribution is 3.72. The zero-order chi connectivity index (χ0) is 3.41. The Hall–Kier alpha value is -0.0800. The molecule has 0 heterocycles. The van der Waals surface area contributed by atoms with E-state index < -0.39 is 0 Å². The Labute approximate surface area is 47.1 Å². The van der Waals surface area contributed by atoms with Crippen LogP contribution in [0.5, 0.6) is 0 Å². The normalized spacial score (nSPS) is 4.29. The van der Waals surface area contributed by atoms with Crippen molar-refractivity contribution in [2.75, 3.05) is 13.9 Å². The Morgan fingerprint density at radius 2 is 1.43 bits per heavy atom. The van der Waals surface area contributed by atoms with E-state index in [1.54, 1.807) is 0 Å². The van der Waals surface area contributed by atoms with Crippen molar-refractivity contribution in [1.29, 1.82) is 0 Å². The van der Waals surface area contributed by atoms with Crippen LogP contribution in [0.25, 0.3) is 0 Å². The van der Waals surface area contributed by atoms with E-state index in [0.29, 0.717) is 0 Å². The van der Waals surface area contributed by atoms with Crippen LogP contribution in [-0.4, -0.2) is 19.0 Å². The molecule has 2 heteroatoms. The van der Waals surface area contributed by atoms with Gasteiger partial charge in [-0.1, -0.05) is 22.3 Å². The third-order valence-electron chi connectivity index (χ3n) is 0.129. The average Bonchev–Trinajstić information content (AvgIpc) is 1.37. The summed E-state index contributed by atoms with van der Waals surface area (Å²) in [6.07, 6.45) is 0. The first-order chi connectivity index (χ1) is 1.91. The van der Waals surface area contributed by atoms with Crippen molar-refractivity contribution in [3.63, 3.8) is 0 Å². The fourth-order valence-corrected chi connectivity index (χ4v) is 0. The lowest BCUT2D eigenvalue weighted by atomic mass is 11.4. The van der Waals surface area contributed by atoms with Crippen molar-refractivity contribution in [1.82, 2.24) is 0 Å². The van der Waals surface area contributed by atoms with Crippen LogP contribution < -0.4 is 0 Å². The molecule has 0 amide bonds. The lowest BCUT2D eigenvalue weighted by Gasteiger charge is -1.76. The van der Waals surface area contributed by atoms with Crippen LogP contribution in [0.2, 0.25) is 0 Å². The summed E-state index contributed by atoms with van der Waals surface area (Å²) >= 11 is 0. The van der Waals surface area contributed by atoms with E-state index >= 15 is 0 Å². The fraction of sp³-hybridized carbons (Fsp3) is 1.00. The highest BCUT2D eigenvalue weighted by Gasteiger charge is 1.51. The molecule has 0 unspecified atom stereocenters. The molecule has 7 heavy (non-hydrogen) atoms. The standard InChI is InChI=1S/C2H6O2.3CH4/c1-4-2-3;;;/h3H,2H2,1H3;3*1H4. The molecule has 0 aromatic carbocycles. The van der Waals surface area contributed by atoms with E-state index in [9.17, 15) is 0 Å². The molecule has 0 aliphatic heterocycles. The molecule has 0 aliphatic rings. The van der Waals surface area contributed by atoms with Gasteiger partial charge in [-0.15, -0.1) is 0 Å². The molecule has 1 N–H and O–H groups in total. The summed E-state index contributed by atoms with van der Waals surface area (Å²) in [4.78, 5) is 0. The summed E-state index contributed by atoms with van der Waals surface area (Å²) < 4.78 is 4.10. The van der Waals surface area contributed by atoms with Gasteiger partial charge in [0.2, 0.25) is 0 Å². The Morgan fingerprint density at radius 3 is 1.43 bits per heavy atom. The van der Waals surface area contributed by atoms with Gasteiger partial charge in [-0.25, -0.2) is 0 Å². The molecule has 0 atom stereocenters. The van der Waals surface area contributed by atoms with Crippen LogP contribution in [0.3, 0.4) is 0 Å². The zero-order valence-corrected chi connectivity index (χ0v) is 2.56. The van der Waals surface area contributed by atoms with Crippen molar-refractivity contribution in [2.24, 2.45) is 0 Å². The van der Waals surface area contributed by atoms with Crippen molar-refractivity contribution in [2.45, 2.75) is 22.3 Å². The summed E-state index contributed by atoms with van der Waals surface area (Å²) in [5.41, 5.74) is 0. The highest BCUT2D eigenvalue weighted by atomic mass is 16.6. The maximum absolute atomic E-state index is 7.65. The first-order valence-corrected chi connectivity index (χ1v) is 1.01. The van der Waals surface area contributed by atoms with E-state index in [2.05, 4.69) is 4.74 Å². The molecule has 0 rings (SSSR count). The van der Waals surface area contributed by atoms with Gasteiger partial charge in [0.15, 0.2) is 0 Å². The second-order valence-corrected chi connectivity index (χ2v) is 0.418. The molecule has 0 bridgehead atoms. The quantitative estimate of drug-likeness (QED) is 0.518. The van der Waals surface area contributed by atoms with Gasteiger partial charge < -0.3 is 9.84 Å². The van der Waals surface area contributed by atoms with Gasteiger partial charge in [-0.3, -0.25) is 0 Å². The Kier molecular flexibility index (Phi) is 158. The average molecular weight is 110 g/mol. The summed E-state index contributed by atoms with van der Waals surface area (Å²) in [6, 6.07) is 0. The molecule has 0 spiro atoms. The number of rotatable bonds is 1. The minimum absolute atomic E-state index is 0. The molecule has 0 aromatic rings. The van der Waals surface area contributed by atoms with Gasteiger partial charge in [-0.2, -0.15) is 0 Å². The van der Waals surface area contributed by atoms with Crippen molar-refractivity contribution in [3.8, 4) is 0 Å². The third-order valence-corrected chi connectivity index (χ3v) is 0.129. The number of aliphatic hydroxyl groups is 1. The van der Waals surface area contributed by atoms with E-state index in [-0.39, 0.29) is 29.1 Å². The lowest BCUT2D eigenvalue weighted by molar-refractivity contribution is 0.0325. The third kappa shape index (κ3) is 107. The lowest BCUT2D eigenvalue weighted by Crippen LogP contribution is -1.79. The topological polar surface area (TPSA) is 29.5 Å². The molecule has 0 saturated carbocycles. The van der Waals surface area contributed by atoms with Gasteiger partial charge in [0.1, 0.15) is 6.79 Å². The Morgan fingerprint density at radius 1 is 1.29 bits per heavy atom. The summed E-state index contributed by atoms with van der Waals surface area (Å²) in [5.74, 6) is 0. The molecule has 2 nitrogen and oxygen atoms in total. The summed E-state index contributed by atoms with van der Waals surface area (Å²) in [5, 5.41) is 7.65. The molecule has 0 aliphatic carbocycles. The molecular weight excluding hydrogens is 92.1 g/mol. The van der Waals surface area contributed by atoms with E-state index in [0.717, 1.165) is 0 Å². The molecular formula is C5H18O2. The van der Waals surface area contributed by atoms with Crippen molar-refractivity contribution < 1.29 is 9.84 Å². The zero-order valence-electron chi connectivity index (χ0n) is 2.56. The van der Waals surface area contributed by atoms with Crippen LogP contribution in [0.15, 0.2) is 0 Å². The second kappa shape index (κ2) is 38.9. The summed E-state index contributed by atoms with van der Waals surface area (Å²) in [6.45, 7) is -0.181. The molecule has 0 saturated heterocycles. The van der Waals surface area contributed by atoms with Crippen LogP contribution in [-0.2, 0) is 4.74 Å². The highest BCUT2D eigenvalue weighted by Crippen LogP contribution is 1.46. The number of ether oxygens (including phenoxy) is 1. The van der Waals surface area contributed by atoms with Crippen molar-refractivity contribution >= 4 is 0 Å². The van der Waals surface area contributed by atoms with E-state index in [4.69, 9.17) is 5.11 Å². The summed E-state index contributed by atoms with van der Waals surface area (Å²) in [7, 11) is 1.43. The van der Waals surface area contributed by atoms with Crippen LogP contribution in [0, 0.1) is 0 Å². The van der Waals surface area contributed by atoms with Crippen molar-refractivity contribution in [3.05, 3.63) is 0 Å². The first-order valence-electron chi connectivity index (χ1n) is 1.01. The van der Waals surface area contributed by atoms with Crippen LogP contribution in [0.4, 0.5) is 0 Å². The van der Waals surface area contributed by atoms with E-state index in [1.807, 2.05) is 0 Å². The van der Waals surface area contributed by atoms with Gasteiger partial charge >= 0.3 is 0 Å². The predicted octanol–water partition coefficient (Wildman–Crippen LogP) is 1.49.